The highest BCUT2D eigenvalue weighted by Gasteiger charge is 2.54. The lowest BCUT2D eigenvalue weighted by Crippen LogP contribution is -2.71. The van der Waals surface area contributed by atoms with Gasteiger partial charge in [-0.15, -0.1) is 23.1 Å². The number of anilines is 1. The molecule has 2 aliphatic heterocycles. The summed E-state index contributed by atoms with van der Waals surface area (Å²) in [5, 5.41) is 25.0. The Labute approximate surface area is 176 Å². The molecule has 13 nitrogen and oxygen atoms in total. The zero-order valence-electron chi connectivity index (χ0n) is 15.1. The third-order valence-corrected chi connectivity index (χ3v) is 6.12. The second-order valence-electron chi connectivity index (χ2n) is 6.00. The molecule has 7 N–H and O–H groups in total. The molecule has 0 spiro atoms. The van der Waals surface area contributed by atoms with Gasteiger partial charge in [0.25, 0.3) is 11.8 Å². The first kappa shape index (κ1) is 21.5. The average molecular weight is 456 g/mol. The Balaban J connectivity index is 1.79. The van der Waals surface area contributed by atoms with E-state index in [1.807, 2.05) is 0 Å². The van der Waals surface area contributed by atoms with Crippen molar-refractivity contribution in [2.45, 2.75) is 11.4 Å². The van der Waals surface area contributed by atoms with Gasteiger partial charge in [0.15, 0.2) is 10.8 Å². The first-order valence-electron chi connectivity index (χ1n) is 8.28. The summed E-state index contributed by atoms with van der Waals surface area (Å²) >= 11 is 2.29. The molecule has 15 heteroatoms. The van der Waals surface area contributed by atoms with Crippen LogP contribution in [0.5, 0.6) is 0 Å². The molecule has 3 rings (SSSR count). The van der Waals surface area contributed by atoms with E-state index in [0.717, 1.165) is 16.2 Å². The molecular formula is C15H16N6O7S2. The van der Waals surface area contributed by atoms with Crippen LogP contribution in [-0.4, -0.2) is 79.9 Å². The summed E-state index contributed by atoms with van der Waals surface area (Å²) in [6.45, 7) is -0.801. The fourth-order valence-corrected chi connectivity index (χ4v) is 4.71. The Bertz CT molecular complexity index is 974. The van der Waals surface area contributed by atoms with Crippen LogP contribution in [-0.2, 0) is 24.0 Å². The molecule has 0 radical (unpaired) electrons. The summed E-state index contributed by atoms with van der Waals surface area (Å²) < 4.78 is 0. The number of carbonyl (C=O) groups excluding carboxylic acids is 2. The first-order chi connectivity index (χ1) is 14.2. The number of nitrogens with one attached hydrogen (secondary N) is 1. The standard InChI is InChI=1S/C15H16N6O7S2/c16-1-5-3-29-13-9(12(25)21(13)10(5)14(26)27)19-11(24)8(20-28-2-7(22)23)6-4-30-15(17)18-6/h4,9,13H,1-3,16H2,(H2,17,18)(H,19,24)(H,22,23)(H,26,27)/b20-8-/t9?,13-/m0/s1. The Kier molecular flexibility index (Phi) is 6.23. The van der Waals surface area contributed by atoms with Gasteiger partial charge >= 0.3 is 11.9 Å². The van der Waals surface area contributed by atoms with Gasteiger partial charge < -0.3 is 31.8 Å². The van der Waals surface area contributed by atoms with E-state index in [-0.39, 0.29) is 28.8 Å². The number of nitrogens with zero attached hydrogens (tertiary/aromatic N) is 3. The molecule has 2 amide bonds. The number of carboxylic acids is 2. The Morgan fingerprint density at radius 2 is 2.13 bits per heavy atom. The van der Waals surface area contributed by atoms with Gasteiger partial charge in [-0.2, -0.15) is 0 Å². The molecule has 1 aromatic rings. The van der Waals surface area contributed by atoms with Crippen LogP contribution < -0.4 is 16.8 Å². The number of aliphatic carboxylic acids is 2. The zero-order valence-corrected chi connectivity index (χ0v) is 16.7. The third kappa shape index (κ3) is 4.07. The maximum Gasteiger partial charge on any atom is 0.352 e. The molecular weight excluding hydrogens is 440 g/mol. The van der Waals surface area contributed by atoms with Crippen molar-refractivity contribution in [1.29, 1.82) is 0 Å². The predicted molar refractivity (Wildman–Crippen MR) is 105 cm³/mol. The highest BCUT2D eigenvalue weighted by molar-refractivity contribution is 8.00. The van der Waals surface area contributed by atoms with Gasteiger partial charge in [0, 0.05) is 17.7 Å². The number of oxime groups is 1. The molecule has 0 saturated carbocycles. The van der Waals surface area contributed by atoms with Crippen LogP contribution in [0.15, 0.2) is 21.8 Å². The van der Waals surface area contributed by atoms with Gasteiger partial charge in [-0.3, -0.25) is 14.5 Å². The van der Waals surface area contributed by atoms with E-state index in [1.54, 1.807) is 0 Å². The van der Waals surface area contributed by atoms with Crippen LogP contribution in [0.1, 0.15) is 5.69 Å². The van der Waals surface area contributed by atoms with Crippen molar-refractivity contribution in [1.82, 2.24) is 15.2 Å². The van der Waals surface area contributed by atoms with Crippen molar-refractivity contribution in [3.8, 4) is 0 Å². The second-order valence-corrected chi connectivity index (χ2v) is 8.00. The number of rotatable bonds is 8. The van der Waals surface area contributed by atoms with Gasteiger partial charge in [0.05, 0.1) is 0 Å². The Morgan fingerprint density at radius 1 is 1.40 bits per heavy atom. The van der Waals surface area contributed by atoms with Crippen molar-refractivity contribution in [3.63, 3.8) is 0 Å². The summed E-state index contributed by atoms with van der Waals surface area (Å²) in [5.41, 5.74) is 11.0. The molecule has 0 aliphatic carbocycles. The van der Waals surface area contributed by atoms with E-state index < -0.39 is 41.8 Å². The number of nitrogen functional groups attached to an aromatic ring is 1. The number of fused-ring (bicyclic) bond motifs is 1. The van der Waals surface area contributed by atoms with Crippen molar-refractivity contribution in [2.75, 3.05) is 24.6 Å². The van der Waals surface area contributed by atoms with Gasteiger partial charge in [0.1, 0.15) is 22.8 Å². The molecule has 1 unspecified atom stereocenters. The monoisotopic (exact) mass is 456 g/mol. The lowest BCUT2D eigenvalue weighted by atomic mass is 10.0. The Morgan fingerprint density at radius 3 is 2.70 bits per heavy atom. The fraction of sp³-hybridized carbons (Fsp3) is 0.333. The van der Waals surface area contributed by atoms with Crippen LogP contribution in [0.2, 0.25) is 0 Å². The van der Waals surface area contributed by atoms with Crippen LogP contribution >= 0.6 is 23.1 Å². The van der Waals surface area contributed by atoms with E-state index >= 15 is 0 Å². The van der Waals surface area contributed by atoms with E-state index in [1.165, 1.54) is 17.1 Å². The quantitative estimate of drug-likeness (QED) is 0.168. The van der Waals surface area contributed by atoms with Crippen LogP contribution in [0, 0.1) is 0 Å². The number of amides is 2. The van der Waals surface area contributed by atoms with Crippen molar-refractivity contribution < 1.29 is 34.2 Å². The number of thiazole rings is 1. The number of carbonyl (C=O) groups is 4. The molecule has 2 aliphatic rings. The number of carboxylic acid groups (broad SMARTS) is 2. The minimum Gasteiger partial charge on any atom is -0.479 e. The molecule has 1 saturated heterocycles. The molecule has 30 heavy (non-hydrogen) atoms. The topological polar surface area (TPSA) is 211 Å². The number of β-lactam (4-membered cyclic amide) rings is 1. The van der Waals surface area contributed by atoms with Gasteiger partial charge in [-0.1, -0.05) is 5.16 Å². The largest absolute Gasteiger partial charge is 0.479 e. The third-order valence-electron chi connectivity index (χ3n) is 4.11. The molecule has 0 aromatic carbocycles. The SMILES string of the molecule is NCC1=C(C(=O)O)N2C(=O)C(NC(=O)/C(=N\OCC(=O)O)c3csc(N)n3)[C@@H]2SC1. The summed E-state index contributed by atoms with van der Waals surface area (Å²) in [6, 6.07) is -1.02. The maximum atomic E-state index is 12.7. The zero-order chi connectivity index (χ0) is 22.0. The summed E-state index contributed by atoms with van der Waals surface area (Å²) in [4.78, 5) is 57.1. The number of hydrogen-bond donors (Lipinski definition) is 5. The minimum atomic E-state index is -1.30. The van der Waals surface area contributed by atoms with Gasteiger partial charge in [-0.05, 0) is 5.57 Å². The smallest absolute Gasteiger partial charge is 0.352 e. The van der Waals surface area contributed by atoms with E-state index in [0.29, 0.717) is 11.3 Å². The van der Waals surface area contributed by atoms with Crippen molar-refractivity contribution >= 4 is 57.7 Å². The summed E-state index contributed by atoms with van der Waals surface area (Å²) in [6.07, 6.45) is 0. The van der Waals surface area contributed by atoms with Crippen LogP contribution in [0.4, 0.5) is 5.13 Å². The summed E-state index contributed by atoms with van der Waals surface area (Å²) in [5.74, 6) is -3.75. The molecule has 3 heterocycles. The van der Waals surface area contributed by atoms with Gasteiger partial charge in [0.2, 0.25) is 6.61 Å². The maximum absolute atomic E-state index is 12.7. The Hall–Kier alpha value is -3.17. The van der Waals surface area contributed by atoms with Crippen LogP contribution in [0.25, 0.3) is 0 Å². The van der Waals surface area contributed by atoms with Gasteiger partial charge in [-0.25, -0.2) is 14.6 Å². The number of aromatic nitrogens is 1. The number of nitrogens with two attached hydrogens (primary N) is 2. The molecule has 0 bridgehead atoms. The van der Waals surface area contributed by atoms with E-state index in [4.69, 9.17) is 16.6 Å². The molecule has 1 fully saturated rings. The van der Waals surface area contributed by atoms with Crippen LogP contribution in [0.3, 0.4) is 0 Å². The average Bonchev–Trinajstić information content (AvgIpc) is 3.13. The molecule has 2 atom stereocenters. The second kappa shape index (κ2) is 8.68. The van der Waals surface area contributed by atoms with Crippen molar-refractivity contribution in [3.05, 3.63) is 22.3 Å². The molecule has 160 valence electrons. The fourth-order valence-electron chi connectivity index (χ4n) is 2.80. The van der Waals surface area contributed by atoms with E-state index in [9.17, 15) is 24.3 Å². The highest BCUT2D eigenvalue weighted by atomic mass is 32.2. The number of hydrogen-bond acceptors (Lipinski definition) is 11. The number of thioether (sulfide) groups is 1. The molecule has 1 aromatic heterocycles. The van der Waals surface area contributed by atoms with E-state index in [2.05, 4.69) is 20.3 Å². The summed E-state index contributed by atoms with van der Waals surface area (Å²) in [7, 11) is 0. The lowest BCUT2D eigenvalue weighted by Gasteiger charge is -2.49. The first-order valence-corrected chi connectivity index (χ1v) is 10.2. The highest BCUT2D eigenvalue weighted by Crippen LogP contribution is 2.40. The normalized spacial score (nSPS) is 21.0. The minimum absolute atomic E-state index is 0.00880. The lowest BCUT2D eigenvalue weighted by molar-refractivity contribution is -0.150. The van der Waals surface area contributed by atoms with Crippen molar-refractivity contribution in [2.24, 2.45) is 10.9 Å². The predicted octanol–water partition coefficient (Wildman–Crippen LogP) is -1.77.